The van der Waals surface area contributed by atoms with Crippen molar-refractivity contribution in [1.29, 1.82) is 0 Å². The van der Waals surface area contributed by atoms with Crippen LogP contribution in [0.1, 0.15) is 16.7 Å². The van der Waals surface area contributed by atoms with E-state index in [9.17, 15) is 13.2 Å². The maximum atomic E-state index is 12.7. The van der Waals surface area contributed by atoms with Gasteiger partial charge in [-0.3, -0.25) is 0 Å². The fourth-order valence-corrected chi connectivity index (χ4v) is 1.98. The first-order chi connectivity index (χ1) is 9.90. The van der Waals surface area contributed by atoms with E-state index < -0.39 is 11.7 Å². The summed E-state index contributed by atoms with van der Waals surface area (Å²) in [6, 6.07) is 10.6. The largest absolute Gasteiger partial charge is 0.489 e. The summed E-state index contributed by atoms with van der Waals surface area (Å²) in [4.78, 5) is 0. The Labute approximate surface area is 125 Å². The summed E-state index contributed by atoms with van der Waals surface area (Å²) in [6.45, 7) is 0.0412. The number of nitrogens with two attached hydrogens (primary N) is 1. The minimum Gasteiger partial charge on any atom is -0.489 e. The number of rotatable bonds is 4. The molecule has 6 heteroatoms. The van der Waals surface area contributed by atoms with Crippen molar-refractivity contribution in [1.82, 2.24) is 0 Å². The van der Waals surface area contributed by atoms with Crippen molar-refractivity contribution in [2.75, 3.05) is 0 Å². The summed E-state index contributed by atoms with van der Waals surface area (Å²) in [6.07, 6.45) is -4.41. The summed E-state index contributed by atoms with van der Waals surface area (Å²) in [5, 5.41) is 0.610. The molecule has 0 spiro atoms. The Balaban J connectivity index is 2.12. The zero-order chi connectivity index (χ0) is 15.5. The molecule has 0 unspecified atom stereocenters. The van der Waals surface area contributed by atoms with E-state index in [1.165, 1.54) is 12.1 Å². The second kappa shape index (κ2) is 6.37. The van der Waals surface area contributed by atoms with Crippen LogP contribution in [0.15, 0.2) is 42.5 Å². The summed E-state index contributed by atoms with van der Waals surface area (Å²) in [5.41, 5.74) is 5.52. The van der Waals surface area contributed by atoms with Gasteiger partial charge in [-0.25, -0.2) is 0 Å². The highest BCUT2D eigenvalue weighted by Crippen LogP contribution is 2.33. The van der Waals surface area contributed by atoms with Gasteiger partial charge in [-0.15, -0.1) is 0 Å². The predicted octanol–water partition coefficient (Wildman–Crippen LogP) is 4.40. The molecule has 2 N–H and O–H groups in total. The molecule has 0 fully saturated rings. The van der Waals surface area contributed by atoms with E-state index in [0.717, 1.165) is 11.6 Å². The van der Waals surface area contributed by atoms with Crippen LogP contribution in [-0.2, 0) is 19.3 Å². The third kappa shape index (κ3) is 4.12. The molecule has 0 aliphatic carbocycles. The van der Waals surface area contributed by atoms with Crippen LogP contribution < -0.4 is 10.5 Å². The van der Waals surface area contributed by atoms with Gasteiger partial charge in [0.05, 0.1) is 5.56 Å². The molecule has 2 aromatic rings. The predicted molar refractivity (Wildman–Crippen MR) is 75.1 cm³/mol. The quantitative estimate of drug-likeness (QED) is 0.907. The van der Waals surface area contributed by atoms with Gasteiger partial charge in [-0.05, 0) is 41.5 Å². The Morgan fingerprint density at radius 1 is 1.05 bits per heavy atom. The molecular formula is C15H13ClF3NO. The van der Waals surface area contributed by atoms with Crippen molar-refractivity contribution in [2.45, 2.75) is 19.3 Å². The van der Waals surface area contributed by atoms with E-state index in [4.69, 9.17) is 22.1 Å². The Hall–Kier alpha value is -1.72. The molecule has 0 aliphatic rings. The number of hydrogen-bond acceptors (Lipinski definition) is 2. The molecule has 0 saturated carbocycles. The number of ether oxygens (including phenoxy) is 1. The van der Waals surface area contributed by atoms with Crippen LogP contribution in [0.2, 0.25) is 5.02 Å². The molecule has 0 amide bonds. The maximum absolute atomic E-state index is 12.7. The van der Waals surface area contributed by atoms with Gasteiger partial charge >= 0.3 is 6.18 Å². The molecule has 0 bridgehead atoms. The molecule has 2 nitrogen and oxygen atoms in total. The third-order valence-corrected chi connectivity index (χ3v) is 3.17. The first-order valence-electron chi connectivity index (χ1n) is 6.17. The highest BCUT2D eigenvalue weighted by atomic mass is 35.5. The van der Waals surface area contributed by atoms with Crippen LogP contribution >= 0.6 is 11.6 Å². The second-order valence-corrected chi connectivity index (χ2v) is 4.87. The molecule has 0 heterocycles. The van der Waals surface area contributed by atoms with E-state index in [-0.39, 0.29) is 18.7 Å². The molecule has 0 aliphatic heterocycles. The van der Waals surface area contributed by atoms with E-state index in [0.29, 0.717) is 10.8 Å². The number of hydrogen-bond donors (Lipinski definition) is 1. The Morgan fingerprint density at radius 3 is 2.29 bits per heavy atom. The van der Waals surface area contributed by atoms with E-state index in [2.05, 4.69) is 0 Å². The molecule has 2 aromatic carbocycles. The summed E-state index contributed by atoms with van der Waals surface area (Å²) < 4.78 is 43.7. The highest BCUT2D eigenvalue weighted by molar-refractivity contribution is 6.30. The van der Waals surface area contributed by atoms with Crippen molar-refractivity contribution in [3.8, 4) is 5.75 Å². The lowest BCUT2D eigenvalue weighted by Gasteiger charge is -2.14. The lowest BCUT2D eigenvalue weighted by molar-refractivity contribution is -0.138. The van der Waals surface area contributed by atoms with Crippen LogP contribution in [0.4, 0.5) is 13.2 Å². The van der Waals surface area contributed by atoms with E-state index >= 15 is 0 Å². The van der Waals surface area contributed by atoms with Gasteiger partial charge in [0.25, 0.3) is 0 Å². The van der Waals surface area contributed by atoms with Gasteiger partial charge in [0.2, 0.25) is 0 Å². The summed E-state index contributed by atoms with van der Waals surface area (Å²) in [5.74, 6) is 0.346. The molecule has 21 heavy (non-hydrogen) atoms. The average Bonchev–Trinajstić information content (AvgIpc) is 2.45. The van der Waals surface area contributed by atoms with Crippen molar-refractivity contribution in [2.24, 2.45) is 5.73 Å². The Kier molecular flexibility index (Phi) is 4.75. The second-order valence-electron chi connectivity index (χ2n) is 4.44. The minimum absolute atomic E-state index is 0.0103. The molecular weight excluding hydrogens is 303 g/mol. The van der Waals surface area contributed by atoms with E-state index in [1.54, 1.807) is 24.3 Å². The topological polar surface area (TPSA) is 35.2 Å². The van der Waals surface area contributed by atoms with Crippen LogP contribution in [0, 0.1) is 0 Å². The monoisotopic (exact) mass is 315 g/mol. The normalized spacial score (nSPS) is 11.5. The van der Waals surface area contributed by atoms with Crippen LogP contribution in [-0.4, -0.2) is 0 Å². The third-order valence-electron chi connectivity index (χ3n) is 2.92. The highest BCUT2D eigenvalue weighted by Gasteiger charge is 2.32. The smallest absolute Gasteiger partial charge is 0.416 e. The minimum atomic E-state index is -4.41. The van der Waals surface area contributed by atoms with Gasteiger partial charge in [-0.1, -0.05) is 23.7 Å². The van der Waals surface area contributed by atoms with Gasteiger partial charge in [0.1, 0.15) is 12.4 Å². The lowest BCUT2D eigenvalue weighted by Crippen LogP contribution is -2.12. The van der Waals surface area contributed by atoms with Crippen molar-refractivity contribution < 1.29 is 17.9 Å². The van der Waals surface area contributed by atoms with Gasteiger partial charge in [0.15, 0.2) is 0 Å². The average molecular weight is 316 g/mol. The molecule has 0 radical (unpaired) electrons. The molecule has 112 valence electrons. The van der Waals surface area contributed by atoms with Crippen LogP contribution in [0.25, 0.3) is 0 Å². The van der Waals surface area contributed by atoms with Gasteiger partial charge in [0, 0.05) is 11.6 Å². The van der Waals surface area contributed by atoms with Crippen LogP contribution in [0.3, 0.4) is 0 Å². The molecule has 0 aromatic heterocycles. The zero-order valence-electron chi connectivity index (χ0n) is 11.0. The molecule has 0 atom stereocenters. The van der Waals surface area contributed by atoms with Gasteiger partial charge in [-0.2, -0.15) is 13.2 Å². The van der Waals surface area contributed by atoms with E-state index in [1.807, 2.05) is 0 Å². The van der Waals surface area contributed by atoms with Gasteiger partial charge < -0.3 is 10.5 Å². The lowest BCUT2D eigenvalue weighted by atomic mass is 10.1. The fourth-order valence-electron chi connectivity index (χ4n) is 1.85. The summed E-state index contributed by atoms with van der Waals surface area (Å²) >= 11 is 5.77. The van der Waals surface area contributed by atoms with Crippen molar-refractivity contribution in [3.63, 3.8) is 0 Å². The van der Waals surface area contributed by atoms with Crippen molar-refractivity contribution in [3.05, 3.63) is 64.2 Å². The number of alkyl halides is 3. The van der Waals surface area contributed by atoms with Crippen molar-refractivity contribution >= 4 is 11.6 Å². The SMILES string of the molecule is NCc1cc(OCc2ccc(Cl)cc2)ccc1C(F)(F)F. The fraction of sp³-hybridized carbons (Fsp3) is 0.200. The standard InChI is InChI=1S/C15H13ClF3NO/c16-12-3-1-10(2-4-12)9-21-13-5-6-14(15(17,18)19)11(7-13)8-20/h1-7H,8-9,20H2. The van der Waals surface area contributed by atoms with Crippen LogP contribution in [0.5, 0.6) is 5.75 Å². The Bertz CT molecular complexity index is 611. The molecule has 2 rings (SSSR count). The number of halogens is 4. The summed E-state index contributed by atoms with van der Waals surface area (Å²) in [7, 11) is 0. The zero-order valence-corrected chi connectivity index (χ0v) is 11.7. The first-order valence-corrected chi connectivity index (χ1v) is 6.55. The first kappa shape index (κ1) is 15.7. The Morgan fingerprint density at radius 2 is 1.71 bits per heavy atom. The molecule has 0 saturated heterocycles. The maximum Gasteiger partial charge on any atom is 0.416 e. The number of benzene rings is 2.